The fourth-order valence-corrected chi connectivity index (χ4v) is 4.28. The number of imide groups is 1. The van der Waals surface area contributed by atoms with Crippen LogP contribution in [0, 0.1) is 0 Å². The summed E-state index contributed by atoms with van der Waals surface area (Å²) in [5.74, 6) is 0.655. The van der Waals surface area contributed by atoms with Crippen molar-refractivity contribution in [3.8, 4) is 11.5 Å². The minimum absolute atomic E-state index is 0.0731. The summed E-state index contributed by atoms with van der Waals surface area (Å²) in [6, 6.07) is 12.2. The fraction of sp³-hybridized carbons (Fsp3) is 0.348. The van der Waals surface area contributed by atoms with Gasteiger partial charge in [0.05, 0.1) is 31.4 Å². The minimum Gasteiger partial charge on any atom is -0.497 e. The van der Waals surface area contributed by atoms with Gasteiger partial charge in [-0.15, -0.1) is 0 Å². The predicted molar refractivity (Wildman–Crippen MR) is 110 cm³/mol. The summed E-state index contributed by atoms with van der Waals surface area (Å²) in [5, 5.41) is 0. The highest BCUT2D eigenvalue weighted by Crippen LogP contribution is 2.39. The van der Waals surface area contributed by atoms with E-state index in [1.165, 1.54) is 4.90 Å². The molecule has 1 saturated heterocycles. The lowest BCUT2D eigenvalue weighted by Gasteiger charge is -2.27. The van der Waals surface area contributed by atoms with Crippen molar-refractivity contribution in [2.24, 2.45) is 0 Å². The molecule has 0 aromatic heterocycles. The molecule has 7 nitrogen and oxygen atoms in total. The van der Waals surface area contributed by atoms with Crippen molar-refractivity contribution in [1.82, 2.24) is 9.80 Å². The number of amides is 3. The van der Waals surface area contributed by atoms with Crippen molar-refractivity contribution in [2.75, 3.05) is 27.3 Å². The first-order valence-corrected chi connectivity index (χ1v) is 10.0. The summed E-state index contributed by atoms with van der Waals surface area (Å²) in [4.78, 5) is 41.1. The number of methoxy groups -OCH3 is 2. The molecule has 2 aliphatic heterocycles. The third-order valence-corrected chi connectivity index (χ3v) is 5.80. The van der Waals surface area contributed by atoms with Gasteiger partial charge >= 0.3 is 0 Å². The lowest BCUT2D eigenvalue weighted by molar-refractivity contribution is -0.132. The maximum atomic E-state index is 13.0. The molecule has 0 saturated carbocycles. The van der Waals surface area contributed by atoms with Gasteiger partial charge in [0.25, 0.3) is 11.8 Å². The smallest absolute Gasteiger partial charge is 0.261 e. The van der Waals surface area contributed by atoms with Crippen molar-refractivity contribution < 1.29 is 23.9 Å². The first kappa shape index (κ1) is 19.9. The Labute approximate surface area is 175 Å². The van der Waals surface area contributed by atoms with Crippen LogP contribution in [0.3, 0.4) is 0 Å². The van der Waals surface area contributed by atoms with Gasteiger partial charge in [-0.2, -0.15) is 0 Å². The van der Waals surface area contributed by atoms with Gasteiger partial charge in [0.15, 0.2) is 0 Å². The van der Waals surface area contributed by atoms with E-state index in [0.29, 0.717) is 29.2 Å². The molecule has 2 heterocycles. The van der Waals surface area contributed by atoms with E-state index in [1.807, 2.05) is 23.1 Å². The molecular weight excluding hydrogens is 384 g/mol. The van der Waals surface area contributed by atoms with Crippen molar-refractivity contribution in [3.05, 3.63) is 59.2 Å². The molecule has 1 unspecified atom stereocenters. The van der Waals surface area contributed by atoms with Crippen molar-refractivity contribution in [2.45, 2.75) is 25.3 Å². The molecule has 1 fully saturated rings. The molecule has 156 valence electrons. The zero-order chi connectivity index (χ0) is 21.3. The van der Waals surface area contributed by atoms with Gasteiger partial charge in [-0.1, -0.05) is 12.1 Å². The Balaban J connectivity index is 1.48. The first-order valence-electron chi connectivity index (χ1n) is 10.0. The average Bonchev–Trinajstić information content (AvgIpc) is 3.36. The predicted octanol–water partition coefficient (Wildman–Crippen LogP) is 3.05. The first-order chi connectivity index (χ1) is 14.5. The number of hydrogen-bond acceptors (Lipinski definition) is 5. The Morgan fingerprint density at radius 1 is 1.03 bits per heavy atom. The molecule has 4 rings (SSSR count). The van der Waals surface area contributed by atoms with Crippen LogP contribution in [0.4, 0.5) is 0 Å². The van der Waals surface area contributed by atoms with Gasteiger partial charge in [0, 0.05) is 25.1 Å². The van der Waals surface area contributed by atoms with Crippen LogP contribution in [0.15, 0.2) is 42.5 Å². The number of rotatable bonds is 6. The van der Waals surface area contributed by atoms with Crippen LogP contribution < -0.4 is 9.47 Å². The van der Waals surface area contributed by atoms with E-state index in [-0.39, 0.29) is 36.7 Å². The van der Waals surface area contributed by atoms with E-state index in [9.17, 15) is 14.4 Å². The molecular formula is C23H24N2O5. The van der Waals surface area contributed by atoms with Gasteiger partial charge in [-0.25, -0.2) is 0 Å². The average molecular weight is 408 g/mol. The highest BCUT2D eigenvalue weighted by molar-refractivity contribution is 6.21. The number of nitrogens with zero attached hydrogens (tertiary/aromatic N) is 2. The van der Waals surface area contributed by atoms with E-state index in [0.717, 1.165) is 18.4 Å². The second-order valence-electron chi connectivity index (χ2n) is 7.41. The normalized spacial score (nSPS) is 18.0. The van der Waals surface area contributed by atoms with E-state index in [4.69, 9.17) is 9.47 Å². The number of likely N-dealkylation sites (tertiary alicyclic amines) is 1. The van der Waals surface area contributed by atoms with Gasteiger partial charge in [-0.05, 0) is 43.2 Å². The van der Waals surface area contributed by atoms with Gasteiger partial charge in [0.2, 0.25) is 5.91 Å². The van der Waals surface area contributed by atoms with Crippen LogP contribution in [-0.4, -0.2) is 54.8 Å². The number of ether oxygens (including phenoxy) is 2. The highest BCUT2D eigenvalue weighted by atomic mass is 16.5. The zero-order valence-corrected chi connectivity index (χ0v) is 17.1. The molecule has 2 aromatic carbocycles. The third kappa shape index (κ3) is 3.40. The molecule has 0 aliphatic carbocycles. The van der Waals surface area contributed by atoms with Crippen LogP contribution in [-0.2, 0) is 4.79 Å². The lowest BCUT2D eigenvalue weighted by Crippen LogP contribution is -2.36. The molecule has 0 radical (unpaired) electrons. The monoisotopic (exact) mass is 408 g/mol. The highest BCUT2D eigenvalue weighted by Gasteiger charge is 2.37. The van der Waals surface area contributed by atoms with Crippen molar-refractivity contribution in [1.29, 1.82) is 0 Å². The van der Waals surface area contributed by atoms with E-state index in [2.05, 4.69) is 0 Å². The number of benzene rings is 2. The lowest BCUT2D eigenvalue weighted by atomic mass is 10.0. The number of hydrogen-bond donors (Lipinski definition) is 0. The molecule has 7 heteroatoms. The Kier molecular flexibility index (Phi) is 5.44. The molecule has 0 N–H and O–H groups in total. The molecule has 3 amide bonds. The van der Waals surface area contributed by atoms with Crippen LogP contribution in [0.25, 0.3) is 0 Å². The molecule has 2 aromatic rings. The summed E-state index contributed by atoms with van der Waals surface area (Å²) >= 11 is 0. The van der Waals surface area contributed by atoms with E-state index < -0.39 is 0 Å². The zero-order valence-electron chi connectivity index (χ0n) is 17.1. The summed E-state index contributed by atoms with van der Waals surface area (Å²) in [6.07, 6.45) is 1.79. The molecule has 30 heavy (non-hydrogen) atoms. The maximum Gasteiger partial charge on any atom is 0.261 e. The largest absolute Gasteiger partial charge is 0.497 e. The summed E-state index contributed by atoms with van der Waals surface area (Å²) in [7, 11) is 3.21. The Hall–Kier alpha value is -3.35. The van der Waals surface area contributed by atoms with Crippen LogP contribution >= 0.6 is 0 Å². The third-order valence-electron chi connectivity index (χ3n) is 5.80. The Morgan fingerprint density at radius 2 is 1.73 bits per heavy atom. The van der Waals surface area contributed by atoms with E-state index in [1.54, 1.807) is 38.5 Å². The molecule has 2 aliphatic rings. The Morgan fingerprint density at radius 3 is 2.37 bits per heavy atom. The second kappa shape index (κ2) is 8.18. The van der Waals surface area contributed by atoms with Crippen molar-refractivity contribution >= 4 is 17.7 Å². The van der Waals surface area contributed by atoms with Crippen LogP contribution in [0.5, 0.6) is 11.5 Å². The molecule has 0 bridgehead atoms. The SMILES string of the molecule is COc1ccc(OC)c(C2CCCN2C(=O)CCN2C(=O)c3ccccc3C2=O)c1. The number of carbonyl (C=O) groups is 3. The van der Waals surface area contributed by atoms with Crippen molar-refractivity contribution in [3.63, 3.8) is 0 Å². The standard InChI is InChI=1S/C23H24N2O5/c1-29-15-9-10-20(30-2)18(14-15)19-8-5-12-24(19)21(26)11-13-25-22(27)16-6-3-4-7-17(16)23(25)28/h3-4,6-7,9-10,14,19H,5,8,11-13H2,1-2H3. The minimum atomic E-state index is -0.337. The van der Waals surface area contributed by atoms with Gasteiger partial charge in [0.1, 0.15) is 11.5 Å². The molecule has 1 atom stereocenters. The van der Waals surface area contributed by atoms with E-state index >= 15 is 0 Å². The topological polar surface area (TPSA) is 76.2 Å². The fourth-order valence-electron chi connectivity index (χ4n) is 4.28. The number of carbonyl (C=O) groups excluding carboxylic acids is 3. The maximum absolute atomic E-state index is 13.0. The summed E-state index contributed by atoms with van der Waals surface area (Å²) < 4.78 is 10.8. The Bertz CT molecular complexity index is 968. The number of fused-ring (bicyclic) bond motifs is 1. The van der Waals surface area contributed by atoms with Crippen LogP contribution in [0.1, 0.15) is 51.6 Å². The molecule has 0 spiro atoms. The quantitative estimate of drug-likeness (QED) is 0.687. The second-order valence-corrected chi connectivity index (χ2v) is 7.41. The summed E-state index contributed by atoms with van der Waals surface area (Å²) in [5.41, 5.74) is 1.70. The summed E-state index contributed by atoms with van der Waals surface area (Å²) in [6.45, 7) is 0.704. The van der Waals surface area contributed by atoms with Crippen LogP contribution in [0.2, 0.25) is 0 Å². The van der Waals surface area contributed by atoms with Gasteiger partial charge < -0.3 is 14.4 Å². The van der Waals surface area contributed by atoms with Gasteiger partial charge in [-0.3, -0.25) is 19.3 Å².